The summed E-state index contributed by atoms with van der Waals surface area (Å²) in [5.74, 6) is -0.286. The second-order valence-corrected chi connectivity index (χ2v) is 10.9. The Morgan fingerprint density at radius 1 is 0.842 bits per heavy atom. The molecule has 0 saturated heterocycles. The van der Waals surface area contributed by atoms with Gasteiger partial charge in [-0.3, -0.25) is 14.7 Å². The van der Waals surface area contributed by atoms with E-state index in [4.69, 9.17) is 0 Å². The Bertz CT molecular complexity index is 922. The minimum Gasteiger partial charge on any atom is -0.481 e. The largest absolute Gasteiger partial charge is 0.481 e. The van der Waals surface area contributed by atoms with Crippen LogP contribution in [-0.2, 0) is 9.59 Å². The highest BCUT2D eigenvalue weighted by atomic mass is 16.4. The summed E-state index contributed by atoms with van der Waals surface area (Å²) in [6, 6.07) is 1.74. The predicted octanol–water partition coefficient (Wildman–Crippen LogP) is 7.77. The Hall–Kier alpha value is -2.38. The molecule has 2 aromatic heterocycles. The highest BCUT2D eigenvalue weighted by Gasteiger charge is 2.29. The first-order chi connectivity index (χ1) is 18.5. The van der Waals surface area contributed by atoms with E-state index in [2.05, 4.69) is 29.1 Å². The van der Waals surface area contributed by atoms with Crippen molar-refractivity contribution in [1.82, 2.24) is 24.7 Å². The number of fused-ring (bicyclic) bond motifs is 1. The zero-order valence-corrected chi connectivity index (χ0v) is 24.3. The zero-order chi connectivity index (χ0) is 27.6. The van der Waals surface area contributed by atoms with Gasteiger partial charge in [0.2, 0.25) is 5.91 Å². The monoisotopic (exact) mass is 531 g/mol. The van der Waals surface area contributed by atoms with Gasteiger partial charge in [-0.1, -0.05) is 110 Å². The standard InChI is InChI=1S/C30H53N5O3/c1-4-6-8-10-12-13-14-15-16-18-20-26(30-32-31-27-24-25(3)33-35(27)30)34(28(36)21-22-29(37)38)23-19-17-11-9-7-5-2/h24,26,33H,4-23H2,1-3H3,(H,37,38). The molecular weight excluding hydrogens is 478 g/mol. The number of carboxylic acid groups (broad SMARTS) is 1. The van der Waals surface area contributed by atoms with E-state index in [1.807, 2.05) is 22.4 Å². The van der Waals surface area contributed by atoms with E-state index in [0.29, 0.717) is 6.54 Å². The maximum absolute atomic E-state index is 13.4. The van der Waals surface area contributed by atoms with Gasteiger partial charge in [0, 0.05) is 24.7 Å². The van der Waals surface area contributed by atoms with Crippen molar-refractivity contribution >= 4 is 17.5 Å². The van der Waals surface area contributed by atoms with Crippen LogP contribution in [-0.4, -0.2) is 48.2 Å². The van der Waals surface area contributed by atoms with Crippen molar-refractivity contribution in [3.05, 3.63) is 17.6 Å². The molecule has 8 heteroatoms. The van der Waals surface area contributed by atoms with Crippen molar-refractivity contribution < 1.29 is 14.7 Å². The first kappa shape index (κ1) is 31.8. The molecule has 0 spiro atoms. The number of H-pyrrole nitrogens is 1. The summed E-state index contributed by atoms with van der Waals surface area (Å²) in [7, 11) is 0. The maximum atomic E-state index is 13.4. The number of rotatable bonds is 23. The molecule has 0 aromatic carbocycles. The molecule has 0 radical (unpaired) electrons. The zero-order valence-electron chi connectivity index (χ0n) is 24.3. The van der Waals surface area contributed by atoms with Crippen molar-refractivity contribution in [3.8, 4) is 0 Å². The summed E-state index contributed by atoms with van der Waals surface area (Å²) in [6.45, 7) is 7.08. The van der Waals surface area contributed by atoms with E-state index < -0.39 is 5.97 Å². The number of amides is 1. The molecule has 2 heterocycles. The number of carbonyl (C=O) groups excluding carboxylic acids is 1. The third-order valence-electron chi connectivity index (χ3n) is 7.48. The first-order valence-corrected chi connectivity index (χ1v) is 15.4. The van der Waals surface area contributed by atoms with Crippen LogP contribution in [0, 0.1) is 6.92 Å². The van der Waals surface area contributed by atoms with Gasteiger partial charge < -0.3 is 10.0 Å². The van der Waals surface area contributed by atoms with Crippen molar-refractivity contribution in [1.29, 1.82) is 0 Å². The molecular formula is C30H53N5O3. The number of carbonyl (C=O) groups is 2. The molecule has 0 aliphatic carbocycles. The second kappa shape index (κ2) is 18.8. The minimum absolute atomic E-state index is 0.0192. The lowest BCUT2D eigenvalue weighted by Gasteiger charge is -2.31. The van der Waals surface area contributed by atoms with Crippen LogP contribution in [0.3, 0.4) is 0 Å². The third-order valence-corrected chi connectivity index (χ3v) is 7.48. The van der Waals surface area contributed by atoms with Gasteiger partial charge in [0.15, 0.2) is 11.5 Å². The molecule has 0 fully saturated rings. The highest BCUT2D eigenvalue weighted by molar-refractivity contribution is 5.81. The minimum atomic E-state index is -0.936. The number of hydrogen-bond donors (Lipinski definition) is 2. The van der Waals surface area contributed by atoms with E-state index in [9.17, 15) is 14.7 Å². The van der Waals surface area contributed by atoms with Gasteiger partial charge in [0.05, 0.1) is 12.5 Å². The Morgan fingerprint density at radius 3 is 1.97 bits per heavy atom. The third kappa shape index (κ3) is 11.6. The summed E-state index contributed by atoms with van der Waals surface area (Å²) in [5.41, 5.74) is 1.75. The molecule has 216 valence electrons. The average Bonchev–Trinajstić information content (AvgIpc) is 3.45. The molecule has 0 bridgehead atoms. The number of carboxylic acids is 1. The van der Waals surface area contributed by atoms with Gasteiger partial charge in [0.1, 0.15) is 0 Å². The molecule has 0 saturated carbocycles. The van der Waals surface area contributed by atoms with Gasteiger partial charge in [0.25, 0.3) is 0 Å². The number of aliphatic carboxylic acids is 1. The number of aromatic nitrogens is 4. The average molecular weight is 532 g/mol. The molecule has 0 aliphatic heterocycles. The summed E-state index contributed by atoms with van der Waals surface area (Å²) in [6.07, 6.45) is 20.1. The SMILES string of the molecule is CCCCCCCCCCCCC(c1nnc2cc(C)[nH]n12)N(CCCCCCCC)C(=O)CCC(=O)O. The molecule has 2 N–H and O–H groups in total. The smallest absolute Gasteiger partial charge is 0.303 e. The molecule has 1 atom stereocenters. The molecule has 1 unspecified atom stereocenters. The van der Waals surface area contributed by atoms with Gasteiger partial charge in [-0.25, -0.2) is 4.52 Å². The van der Waals surface area contributed by atoms with E-state index in [0.717, 1.165) is 49.3 Å². The summed E-state index contributed by atoms with van der Waals surface area (Å²) >= 11 is 0. The number of hydrogen-bond acceptors (Lipinski definition) is 4. The quantitative estimate of drug-likeness (QED) is 0.143. The van der Waals surface area contributed by atoms with Crippen LogP contribution in [0.2, 0.25) is 0 Å². The fraction of sp³-hybridized carbons (Fsp3) is 0.800. The van der Waals surface area contributed by atoms with E-state index in [1.54, 1.807) is 0 Å². The van der Waals surface area contributed by atoms with Crippen LogP contribution < -0.4 is 0 Å². The van der Waals surface area contributed by atoms with Crippen LogP contribution in [0.4, 0.5) is 0 Å². The summed E-state index contributed by atoms with van der Waals surface area (Å²) < 4.78 is 1.90. The Morgan fingerprint density at radius 2 is 1.39 bits per heavy atom. The Labute approximate surface area is 230 Å². The van der Waals surface area contributed by atoms with Gasteiger partial charge in [-0.15, -0.1) is 10.2 Å². The van der Waals surface area contributed by atoms with Crippen LogP contribution in [0.1, 0.15) is 153 Å². The van der Waals surface area contributed by atoms with Crippen LogP contribution in [0.5, 0.6) is 0 Å². The van der Waals surface area contributed by atoms with E-state index >= 15 is 0 Å². The number of nitrogens with one attached hydrogen (secondary N) is 1. The Kier molecular flexibility index (Phi) is 15.8. The molecule has 2 rings (SSSR count). The maximum Gasteiger partial charge on any atom is 0.303 e. The number of nitrogens with zero attached hydrogens (tertiary/aromatic N) is 4. The number of unbranched alkanes of at least 4 members (excludes halogenated alkanes) is 14. The lowest BCUT2D eigenvalue weighted by molar-refractivity contribution is -0.142. The van der Waals surface area contributed by atoms with E-state index in [-0.39, 0.29) is 24.8 Å². The normalized spacial score (nSPS) is 12.3. The Balaban J connectivity index is 2.05. The van der Waals surface area contributed by atoms with Crippen molar-refractivity contribution in [2.75, 3.05) is 6.54 Å². The fourth-order valence-electron chi connectivity index (χ4n) is 5.26. The highest BCUT2D eigenvalue weighted by Crippen LogP contribution is 2.28. The molecule has 0 aliphatic rings. The van der Waals surface area contributed by atoms with Gasteiger partial charge in [-0.2, -0.15) is 0 Å². The van der Waals surface area contributed by atoms with Crippen LogP contribution in [0.15, 0.2) is 6.07 Å². The van der Waals surface area contributed by atoms with Crippen molar-refractivity contribution in [2.45, 2.75) is 149 Å². The number of aromatic amines is 1. The molecule has 1 amide bonds. The fourth-order valence-corrected chi connectivity index (χ4v) is 5.26. The lowest BCUT2D eigenvalue weighted by Crippen LogP contribution is -2.37. The first-order valence-electron chi connectivity index (χ1n) is 15.4. The van der Waals surface area contributed by atoms with Crippen LogP contribution in [0.25, 0.3) is 5.65 Å². The number of aryl methyl sites for hydroxylation is 1. The molecule has 38 heavy (non-hydrogen) atoms. The van der Waals surface area contributed by atoms with Gasteiger partial charge >= 0.3 is 5.97 Å². The topological polar surface area (TPSA) is 104 Å². The lowest BCUT2D eigenvalue weighted by atomic mass is 10.0. The van der Waals surface area contributed by atoms with E-state index in [1.165, 1.54) is 77.0 Å². The summed E-state index contributed by atoms with van der Waals surface area (Å²) in [4.78, 5) is 26.5. The molecule has 2 aromatic rings. The van der Waals surface area contributed by atoms with Crippen molar-refractivity contribution in [3.63, 3.8) is 0 Å². The second-order valence-electron chi connectivity index (χ2n) is 10.9. The van der Waals surface area contributed by atoms with Crippen molar-refractivity contribution in [2.24, 2.45) is 0 Å². The van der Waals surface area contributed by atoms with Gasteiger partial charge in [-0.05, 0) is 19.8 Å². The van der Waals surface area contributed by atoms with Crippen LogP contribution >= 0.6 is 0 Å². The molecule has 8 nitrogen and oxygen atoms in total. The predicted molar refractivity (Wildman–Crippen MR) is 153 cm³/mol. The summed E-state index contributed by atoms with van der Waals surface area (Å²) in [5, 5.41) is 21.4.